The summed E-state index contributed by atoms with van der Waals surface area (Å²) in [6.07, 6.45) is 2.12. The molecule has 3 aromatic rings. The van der Waals surface area contributed by atoms with Crippen molar-refractivity contribution in [3.05, 3.63) is 51.8 Å². The fourth-order valence-electron chi connectivity index (χ4n) is 3.65. The van der Waals surface area contributed by atoms with E-state index in [-0.39, 0.29) is 24.4 Å². The number of carbonyl (C=O) groups excluding carboxylic acids is 1. The van der Waals surface area contributed by atoms with Crippen LogP contribution in [0.2, 0.25) is 0 Å². The molecule has 9 heteroatoms. The third-order valence-corrected chi connectivity index (χ3v) is 6.19. The zero-order chi connectivity index (χ0) is 17.8. The van der Waals surface area contributed by atoms with E-state index < -0.39 is 12.0 Å². The summed E-state index contributed by atoms with van der Waals surface area (Å²) in [6.45, 7) is 0.450. The van der Waals surface area contributed by atoms with Crippen LogP contribution in [-0.4, -0.2) is 31.3 Å². The Hall–Kier alpha value is -2.01. The van der Waals surface area contributed by atoms with Crippen LogP contribution in [0.5, 0.6) is 0 Å². The van der Waals surface area contributed by atoms with Crippen molar-refractivity contribution in [3.63, 3.8) is 0 Å². The summed E-state index contributed by atoms with van der Waals surface area (Å²) in [5.41, 5.74) is 3.44. The molecule has 0 amide bonds. The Morgan fingerprint density at radius 3 is 2.81 bits per heavy atom. The smallest absolute Gasteiger partial charge is 0.548 e. The zero-order valence-electron chi connectivity index (χ0n) is 14.8. The van der Waals surface area contributed by atoms with Crippen molar-refractivity contribution < 1.29 is 28.8 Å². The molecule has 7 nitrogen and oxygen atoms in total. The number of carboxylic acids is 1. The molecule has 3 heterocycles. The minimum atomic E-state index is -1.20. The molecular weight excluding hydrogens is 359 g/mol. The summed E-state index contributed by atoms with van der Waals surface area (Å²) in [6, 6.07) is 8.37. The molecule has 1 aliphatic carbocycles. The Labute approximate surface area is 170 Å². The summed E-state index contributed by atoms with van der Waals surface area (Å²) in [5.74, 6) is -0.475. The number of hydrogen-bond acceptors (Lipinski definition) is 6. The van der Waals surface area contributed by atoms with Gasteiger partial charge in [0.25, 0.3) is 5.56 Å². The summed E-state index contributed by atoms with van der Waals surface area (Å²) < 4.78 is 3.19. The van der Waals surface area contributed by atoms with Gasteiger partial charge in [-0.1, -0.05) is 17.3 Å². The van der Waals surface area contributed by atoms with Crippen LogP contribution >= 0.6 is 11.8 Å². The number of aliphatic carboxylic acids is 1. The second-order valence-corrected chi connectivity index (χ2v) is 7.76. The number of para-hydroxylation sites is 1. The number of carbonyl (C=O) groups is 1. The molecule has 132 valence electrons. The summed E-state index contributed by atoms with van der Waals surface area (Å²) in [5, 5.41) is 20.6. The monoisotopic (exact) mass is 374 g/mol. The van der Waals surface area contributed by atoms with Crippen molar-refractivity contribution in [1.82, 2.24) is 19.6 Å². The Morgan fingerprint density at radius 1 is 1.30 bits per heavy atom. The molecule has 0 N–H and O–H groups in total. The van der Waals surface area contributed by atoms with Crippen LogP contribution in [0.15, 0.2) is 40.2 Å². The molecule has 1 fully saturated rings. The van der Waals surface area contributed by atoms with Crippen molar-refractivity contribution in [2.24, 2.45) is 0 Å². The molecule has 2 aromatic heterocycles. The van der Waals surface area contributed by atoms with Gasteiger partial charge in [0.05, 0.1) is 29.1 Å². The SMILES string of the molecule is O=C([O-])[C@@H]1CSc2c(C3CC3)c(Cn3nnc4ccccc43)cc(=O)n21.[Li+]. The Bertz CT molecular complexity index is 1110. The van der Waals surface area contributed by atoms with Crippen molar-refractivity contribution in [2.45, 2.75) is 36.4 Å². The second kappa shape index (κ2) is 6.86. The first kappa shape index (κ1) is 18.4. The molecule has 1 aromatic carbocycles. The minimum Gasteiger partial charge on any atom is -0.548 e. The fraction of sp³-hybridized carbons (Fsp3) is 0.333. The summed E-state index contributed by atoms with van der Waals surface area (Å²) in [4.78, 5) is 24.0. The first-order chi connectivity index (χ1) is 12.6. The first-order valence-electron chi connectivity index (χ1n) is 8.53. The standard InChI is InChI=1S/C18H16N4O3S.Li/c23-15-7-11(8-21-13-4-2-1-3-12(13)19-20-21)16(10-5-6-10)17-22(15)14(9-26-17)18(24)25;/h1-4,7,10,14H,5-6,8-9H2,(H,24,25);/q;+1/p-1/t14-;/m0./s1. The Balaban J connectivity index is 0.00000180. The molecule has 27 heavy (non-hydrogen) atoms. The molecule has 1 saturated carbocycles. The number of hydrogen-bond donors (Lipinski definition) is 0. The largest absolute Gasteiger partial charge is 1.00 e. The van der Waals surface area contributed by atoms with Gasteiger partial charge in [-0.3, -0.25) is 9.36 Å². The molecular formula is C18H15LiN4O3S. The van der Waals surface area contributed by atoms with Gasteiger partial charge in [-0.05, 0) is 42.0 Å². The molecule has 1 aliphatic heterocycles. The number of benzene rings is 1. The maximum atomic E-state index is 12.6. The third kappa shape index (κ3) is 3.02. The van der Waals surface area contributed by atoms with Gasteiger partial charge in [-0.15, -0.1) is 16.9 Å². The molecule has 5 rings (SSSR count). The predicted molar refractivity (Wildman–Crippen MR) is 94.1 cm³/mol. The number of rotatable bonds is 4. The Morgan fingerprint density at radius 2 is 2.07 bits per heavy atom. The van der Waals surface area contributed by atoms with Crippen LogP contribution in [0.25, 0.3) is 11.0 Å². The fourth-order valence-corrected chi connectivity index (χ4v) is 5.06. The Kier molecular flexibility index (Phi) is 4.66. The van der Waals surface area contributed by atoms with E-state index in [1.54, 1.807) is 10.7 Å². The average molecular weight is 374 g/mol. The van der Waals surface area contributed by atoms with Gasteiger partial charge in [0, 0.05) is 11.8 Å². The second-order valence-electron chi connectivity index (χ2n) is 6.75. The van der Waals surface area contributed by atoms with E-state index in [1.807, 2.05) is 24.3 Å². The van der Waals surface area contributed by atoms with E-state index >= 15 is 0 Å². The van der Waals surface area contributed by atoms with Crippen LogP contribution in [0, 0.1) is 0 Å². The van der Waals surface area contributed by atoms with Gasteiger partial charge in [0.2, 0.25) is 0 Å². The van der Waals surface area contributed by atoms with Crippen LogP contribution < -0.4 is 29.5 Å². The summed E-state index contributed by atoms with van der Waals surface area (Å²) in [7, 11) is 0. The first-order valence-corrected chi connectivity index (χ1v) is 9.52. The minimum absolute atomic E-state index is 0. The predicted octanol–water partition coefficient (Wildman–Crippen LogP) is -2.08. The van der Waals surface area contributed by atoms with Gasteiger partial charge in [0.1, 0.15) is 5.52 Å². The van der Waals surface area contributed by atoms with Gasteiger partial charge in [0.15, 0.2) is 0 Å². The zero-order valence-corrected chi connectivity index (χ0v) is 15.6. The van der Waals surface area contributed by atoms with Crippen molar-refractivity contribution in [2.75, 3.05) is 5.75 Å². The van der Waals surface area contributed by atoms with E-state index in [9.17, 15) is 14.7 Å². The number of carboxylic acid groups (broad SMARTS) is 1. The van der Waals surface area contributed by atoms with E-state index in [1.165, 1.54) is 16.3 Å². The average Bonchev–Trinajstić information content (AvgIpc) is 3.21. The van der Waals surface area contributed by atoms with E-state index in [4.69, 9.17) is 0 Å². The molecule has 0 saturated heterocycles. The van der Waals surface area contributed by atoms with Crippen LogP contribution in [0.3, 0.4) is 0 Å². The van der Waals surface area contributed by atoms with Crippen molar-refractivity contribution >= 4 is 28.8 Å². The maximum Gasteiger partial charge on any atom is 1.00 e. The number of fused-ring (bicyclic) bond motifs is 2. The number of thioether (sulfide) groups is 1. The quantitative estimate of drug-likeness (QED) is 0.487. The van der Waals surface area contributed by atoms with Gasteiger partial charge in [-0.2, -0.15) is 0 Å². The number of nitrogens with zero attached hydrogens (tertiary/aromatic N) is 4. The van der Waals surface area contributed by atoms with Gasteiger partial charge < -0.3 is 9.90 Å². The van der Waals surface area contributed by atoms with Gasteiger partial charge in [-0.25, -0.2) is 4.68 Å². The topological polar surface area (TPSA) is 92.8 Å². The summed E-state index contributed by atoms with van der Waals surface area (Å²) >= 11 is 1.44. The van der Waals surface area contributed by atoms with E-state index in [2.05, 4.69) is 10.3 Å². The molecule has 1 atom stereocenters. The van der Waals surface area contributed by atoms with Crippen LogP contribution in [0.4, 0.5) is 0 Å². The third-order valence-electron chi connectivity index (χ3n) is 5.02. The van der Waals surface area contributed by atoms with Crippen LogP contribution in [-0.2, 0) is 11.3 Å². The van der Waals surface area contributed by atoms with Gasteiger partial charge >= 0.3 is 18.9 Å². The molecule has 0 bridgehead atoms. The normalized spacial score (nSPS) is 18.3. The molecule has 0 unspecified atom stereocenters. The number of aromatic nitrogens is 4. The molecule has 0 radical (unpaired) electrons. The van der Waals surface area contributed by atoms with Crippen molar-refractivity contribution in [1.29, 1.82) is 0 Å². The van der Waals surface area contributed by atoms with Crippen LogP contribution in [0.1, 0.15) is 35.9 Å². The maximum absolute atomic E-state index is 12.6. The van der Waals surface area contributed by atoms with E-state index in [0.29, 0.717) is 18.2 Å². The van der Waals surface area contributed by atoms with Crippen molar-refractivity contribution in [3.8, 4) is 0 Å². The molecule has 2 aliphatic rings. The molecule has 0 spiro atoms. The number of pyridine rings is 1. The van der Waals surface area contributed by atoms with E-state index in [0.717, 1.165) is 40.0 Å².